The van der Waals surface area contributed by atoms with Crippen molar-refractivity contribution in [2.75, 3.05) is 26.2 Å². The molecule has 2 saturated heterocycles. The zero-order chi connectivity index (χ0) is 17.2. The van der Waals surface area contributed by atoms with Crippen LogP contribution >= 0.6 is 0 Å². The van der Waals surface area contributed by atoms with E-state index in [1.807, 2.05) is 6.92 Å². The van der Waals surface area contributed by atoms with Crippen LogP contribution in [0, 0.1) is 6.92 Å². The largest absolute Gasteiger partial charge is 0.353 e. The summed E-state index contributed by atoms with van der Waals surface area (Å²) in [6, 6.07) is 7.62. The Hall–Kier alpha value is -1.53. The molecule has 6 heteroatoms. The van der Waals surface area contributed by atoms with Crippen LogP contribution < -0.4 is 10.6 Å². The van der Waals surface area contributed by atoms with E-state index in [4.69, 9.17) is 0 Å². The molecular formula is C18H25F2N3O. The van der Waals surface area contributed by atoms with Gasteiger partial charge in [0.2, 0.25) is 5.91 Å². The maximum atomic E-state index is 13.3. The highest BCUT2D eigenvalue weighted by Gasteiger charge is 2.42. The average Bonchev–Trinajstić information content (AvgIpc) is 3.18. The van der Waals surface area contributed by atoms with Crippen LogP contribution in [-0.4, -0.2) is 49.0 Å². The number of alkyl halides is 2. The third-order valence-corrected chi connectivity index (χ3v) is 4.94. The highest BCUT2D eigenvalue weighted by molar-refractivity contribution is 5.82. The first-order chi connectivity index (χ1) is 11.4. The number of carbonyl (C=O) groups excluding carboxylic acids is 1. The second-order valence-corrected chi connectivity index (χ2v) is 6.91. The molecule has 0 saturated carbocycles. The first kappa shape index (κ1) is 17.3. The van der Waals surface area contributed by atoms with E-state index >= 15 is 0 Å². The summed E-state index contributed by atoms with van der Waals surface area (Å²) in [5.41, 5.74) is 2.35. The van der Waals surface area contributed by atoms with E-state index in [9.17, 15) is 13.6 Å². The number of hydrogen-bond acceptors (Lipinski definition) is 3. The van der Waals surface area contributed by atoms with Gasteiger partial charge in [0.1, 0.15) is 0 Å². The van der Waals surface area contributed by atoms with E-state index in [1.54, 1.807) is 0 Å². The van der Waals surface area contributed by atoms with Gasteiger partial charge < -0.3 is 5.32 Å². The summed E-state index contributed by atoms with van der Waals surface area (Å²) in [7, 11) is 0. The summed E-state index contributed by atoms with van der Waals surface area (Å²) in [5, 5.41) is 5.49. The second kappa shape index (κ2) is 7.15. The van der Waals surface area contributed by atoms with Gasteiger partial charge in [0.05, 0.1) is 18.6 Å². The van der Waals surface area contributed by atoms with Crippen molar-refractivity contribution in [1.29, 1.82) is 0 Å². The zero-order valence-corrected chi connectivity index (χ0v) is 14.0. The van der Waals surface area contributed by atoms with Gasteiger partial charge in [-0.1, -0.05) is 29.8 Å². The quantitative estimate of drug-likeness (QED) is 0.866. The fraction of sp³-hybridized carbons (Fsp3) is 0.611. The molecule has 2 atom stereocenters. The summed E-state index contributed by atoms with van der Waals surface area (Å²) in [5.74, 6) is -3.11. The summed E-state index contributed by atoms with van der Waals surface area (Å²) in [6.45, 7) is 4.09. The van der Waals surface area contributed by atoms with Crippen LogP contribution in [0.4, 0.5) is 8.78 Å². The Morgan fingerprint density at radius 1 is 1.33 bits per heavy atom. The number of amides is 1. The Morgan fingerprint density at radius 2 is 2.00 bits per heavy atom. The molecule has 1 amide bonds. The van der Waals surface area contributed by atoms with Crippen molar-refractivity contribution in [1.82, 2.24) is 15.5 Å². The highest BCUT2D eigenvalue weighted by atomic mass is 19.3. The van der Waals surface area contributed by atoms with Crippen LogP contribution in [0.25, 0.3) is 0 Å². The normalized spacial score (nSPS) is 24.9. The number of rotatable bonds is 5. The van der Waals surface area contributed by atoms with Gasteiger partial charge in [-0.25, -0.2) is 8.78 Å². The van der Waals surface area contributed by atoms with E-state index in [1.165, 1.54) is 5.56 Å². The minimum atomic E-state index is -2.78. The molecule has 1 aromatic rings. The van der Waals surface area contributed by atoms with Crippen LogP contribution in [0.5, 0.6) is 0 Å². The maximum Gasteiger partial charge on any atom is 0.262 e. The van der Waals surface area contributed by atoms with Gasteiger partial charge in [-0.05, 0) is 38.4 Å². The molecule has 2 unspecified atom stereocenters. The number of likely N-dealkylation sites (tertiary alicyclic amines) is 1. The highest BCUT2D eigenvalue weighted by Crippen LogP contribution is 2.27. The number of nitrogens with zero attached hydrogens (tertiary/aromatic N) is 1. The van der Waals surface area contributed by atoms with Gasteiger partial charge in [0.25, 0.3) is 5.92 Å². The number of nitrogens with one attached hydrogen (secondary N) is 2. The molecular weight excluding hydrogens is 312 g/mol. The van der Waals surface area contributed by atoms with Crippen molar-refractivity contribution in [3.8, 4) is 0 Å². The van der Waals surface area contributed by atoms with Crippen molar-refractivity contribution in [3.63, 3.8) is 0 Å². The number of benzene rings is 1. The van der Waals surface area contributed by atoms with E-state index in [-0.39, 0.29) is 11.9 Å². The number of aryl methyl sites for hydroxylation is 1. The summed E-state index contributed by atoms with van der Waals surface area (Å²) in [6.07, 6.45) is 1.90. The zero-order valence-electron chi connectivity index (χ0n) is 14.0. The van der Waals surface area contributed by atoms with Crippen LogP contribution in [-0.2, 0) is 4.79 Å². The van der Waals surface area contributed by atoms with Crippen LogP contribution in [0.2, 0.25) is 0 Å². The first-order valence-corrected chi connectivity index (χ1v) is 8.64. The Morgan fingerprint density at radius 3 is 2.58 bits per heavy atom. The van der Waals surface area contributed by atoms with Crippen LogP contribution in [0.15, 0.2) is 24.3 Å². The van der Waals surface area contributed by atoms with Crippen LogP contribution in [0.1, 0.15) is 36.4 Å². The molecule has 0 spiro atoms. The SMILES string of the molecule is Cc1ccc(C(CNC(=O)C2CC(F)(F)CN2)N2CCCC2)cc1. The van der Waals surface area contributed by atoms with E-state index in [0.29, 0.717) is 6.54 Å². The Bertz CT molecular complexity index is 570. The second-order valence-electron chi connectivity index (χ2n) is 6.91. The average molecular weight is 337 g/mol. The number of hydrogen-bond donors (Lipinski definition) is 2. The Kier molecular flexibility index (Phi) is 5.15. The minimum absolute atomic E-state index is 0.0963. The Balaban J connectivity index is 1.64. The lowest BCUT2D eigenvalue weighted by molar-refractivity contribution is -0.123. The third-order valence-electron chi connectivity index (χ3n) is 4.94. The molecule has 0 aromatic heterocycles. The molecule has 2 aliphatic rings. The van der Waals surface area contributed by atoms with E-state index in [0.717, 1.165) is 31.5 Å². The van der Waals surface area contributed by atoms with Crippen molar-refractivity contribution in [2.24, 2.45) is 0 Å². The minimum Gasteiger partial charge on any atom is -0.353 e. The first-order valence-electron chi connectivity index (χ1n) is 8.64. The summed E-state index contributed by atoms with van der Waals surface area (Å²) >= 11 is 0. The topological polar surface area (TPSA) is 44.4 Å². The molecule has 2 fully saturated rings. The lowest BCUT2D eigenvalue weighted by Gasteiger charge is -2.28. The number of carbonyl (C=O) groups is 1. The van der Waals surface area contributed by atoms with Gasteiger partial charge in [-0.15, -0.1) is 0 Å². The molecule has 2 heterocycles. The summed E-state index contributed by atoms with van der Waals surface area (Å²) in [4.78, 5) is 14.6. The van der Waals surface area contributed by atoms with Gasteiger partial charge in [0.15, 0.2) is 0 Å². The van der Waals surface area contributed by atoms with Gasteiger partial charge in [-0.3, -0.25) is 15.0 Å². The fourth-order valence-corrected chi connectivity index (χ4v) is 3.52. The molecule has 0 aliphatic carbocycles. The predicted octanol–water partition coefficient (Wildman–Crippen LogP) is 2.25. The van der Waals surface area contributed by atoms with Crippen molar-refractivity contribution in [2.45, 2.75) is 44.2 Å². The molecule has 132 valence electrons. The standard InChI is InChI=1S/C18H25F2N3O/c1-13-4-6-14(7-5-13)16(23-8-2-3-9-23)11-21-17(24)15-10-18(19,20)12-22-15/h4-7,15-16,22H,2-3,8-12H2,1H3,(H,21,24). The smallest absolute Gasteiger partial charge is 0.262 e. The van der Waals surface area contributed by atoms with Crippen molar-refractivity contribution < 1.29 is 13.6 Å². The summed E-state index contributed by atoms with van der Waals surface area (Å²) < 4.78 is 26.5. The van der Waals surface area contributed by atoms with Gasteiger partial charge >= 0.3 is 0 Å². The molecule has 3 rings (SSSR count). The third kappa shape index (κ3) is 4.11. The Labute approximate surface area is 141 Å². The monoisotopic (exact) mass is 337 g/mol. The van der Waals surface area contributed by atoms with E-state index in [2.05, 4.69) is 39.8 Å². The molecule has 4 nitrogen and oxygen atoms in total. The maximum absolute atomic E-state index is 13.3. The molecule has 2 aliphatic heterocycles. The number of halogens is 2. The molecule has 2 N–H and O–H groups in total. The lowest BCUT2D eigenvalue weighted by Crippen LogP contribution is -2.44. The molecule has 0 radical (unpaired) electrons. The van der Waals surface area contributed by atoms with E-state index < -0.39 is 24.9 Å². The van der Waals surface area contributed by atoms with Crippen molar-refractivity contribution in [3.05, 3.63) is 35.4 Å². The van der Waals surface area contributed by atoms with Gasteiger partial charge in [-0.2, -0.15) is 0 Å². The fourth-order valence-electron chi connectivity index (χ4n) is 3.52. The lowest BCUT2D eigenvalue weighted by atomic mass is 10.0. The van der Waals surface area contributed by atoms with Gasteiger partial charge in [0, 0.05) is 13.0 Å². The molecule has 24 heavy (non-hydrogen) atoms. The van der Waals surface area contributed by atoms with Crippen molar-refractivity contribution >= 4 is 5.91 Å². The molecule has 1 aromatic carbocycles. The predicted molar refractivity (Wildman–Crippen MR) is 89.1 cm³/mol. The van der Waals surface area contributed by atoms with Crippen LogP contribution in [0.3, 0.4) is 0 Å². The molecule has 0 bridgehead atoms.